The second-order valence-corrected chi connectivity index (χ2v) is 6.42. The number of likely N-dealkylation sites (tertiary alicyclic amines) is 2. The molecule has 0 spiro atoms. The third-order valence-electron chi connectivity index (χ3n) is 4.77. The van der Waals surface area contributed by atoms with Gasteiger partial charge in [0.1, 0.15) is 0 Å². The Kier molecular flexibility index (Phi) is 4.91. The monoisotopic (exact) mass is 317 g/mol. The van der Waals surface area contributed by atoms with Crippen LogP contribution in [-0.4, -0.2) is 64.0 Å². The van der Waals surface area contributed by atoms with E-state index in [9.17, 15) is 14.7 Å². The molecular weight excluding hydrogens is 294 g/mol. The molecule has 2 aliphatic heterocycles. The van der Waals surface area contributed by atoms with Crippen molar-refractivity contribution in [2.45, 2.75) is 31.8 Å². The van der Waals surface area contributed by atoms with Gasteiger partial charge in [-0.2, -0.15) is 0 Å². The fourth-order valence-electron chi connectivity index (χ4n) is 3.41. The molecule has 0 aliphatic carbocycles. The summed E-state index contributed by atoms with van der Waals surface area (Å²) < 4.78 is 0. The van der Waals surface area contributed by atoms with Crippen LogP contribution in [0.15, 0.2) is 24.5 Å². The first-order chi connectivity index (χ1) is 11.1. The van der Waals surface area contributed by atoms with Crippen LogP contribution in [0, 0.1) is 5.92 Å². The lowest BCUT2D eigenvalue weighted by molar-refractivity contribution is -0.132. The number of aliphatic hydroxyl groups excluding tert-OH is 1. The number of rotatable bonds is 5. The molecule has 0 unspecified atom stereocenters. The second kappa shape index (κ2) is 7.08. The predicted octanol–water partition coefficient (Wildman–Crippen LogP) is 0.456. The highest BCUT2D eigenvalue weighted by molar-refractivity contribution is 5.80. The van der Waals surface area contributed by atoms with Crippen molar-refractivity contribution in [1.82, 2.24) is 14.8 Å². The summed E-state index contributed by atoms with van der Waals surface area (Å²) >= 11 is 0. The Morgan fingerprint density at radius 1 is 1.30 bits per heavy atom. The molecule has 6 nitrogen and oxygen atoms in total. The van der Waals surface area contributed by atoms with Crippen LogP contribution in [0.2, 0.25) is 0 Å². The van der Waals surface area contributed by atoms with Gasteiger partial charge in [-0.1, -0.05) is 0 Å². The highest BCUT2D eigenvalue weighted by atomic mass is 16.3. The summed E-state index contributed by atoms with van der Waals surface area (Å²) in [5.41, 5.74) is 1.13. The van der Waals surface area contributed by atoms with E-state index >= 15 is 0 Å². The summed E-state index contributed by atoms with van der Waals surface area (Å²) in [5, 5.41) is 10.2. The molecule has 3 heterocycles. The zero-order valence-corrected chi connectivity index (χ0v) is 13.2. The normalized spacial score (nSPS) is 24.5. The molecule has 2 atom stereocenters. The number of aliphatic hydroxyl groups is 1. The lowest BCUT2D eigenvalue weighted by Gasteiger charge is -2.19. The van der Waals surface area contributed by atoms with E-state index in [1.165, 1.54) is 0 Å². The molecule has 1 aromatic heterocycles. The van der Waals surface area contributed by atoms with Gasteiger partial charge in [-0.25, -0.2) is 0 Å². The van der Waals surface area contributed by atoms with Gasteiger partial charge in [-0.05, 0) is 30.5 Å². The maximum atomic E-state index is 12.3. The molecule has 0 bridgehead atoms. The summed E-state index contributed by atoms with van der Waals surface area (Å²) in [4.78, 5) is 31.4. The minimum absolute atomic E-state index is 0.0287. The van der Waals surface area contributed by atoms with E-state index in [1.54, 1.807) is 22.2 Å². The van der Waals surface area contributed by atoms with E-state index in [0.29, 0.717) is 32.5 Å². The first-order valence-corrected chi connectivity index (χ1v) is 8.26. The number of hydrogen-bond donors (Lipinski definition) is 1. The van der Waals surface area contributed by atoms with Crippen LogP contribution in [-0.2, 0) is 16.0 Å². The van der Waals surface area contributed by atoms with Gasteiger partial charge in [0, 0.05) is 57.3 Å². The Morgan fingerprint density at radius 3 is 2.78 bits per heavy atom. The fourth-order valence-corrected chi connectivity index (χ4v) is 3.41. The lowest BCUT2D eigenvalue weighted by atomic mass is 9.97. The van der Waals surface area contributed by atoms with Crippen LogP contribution >= 0.6 is 0 Å². The summed E-state index contributed by atoms with van der Waals surface area (Å²) in [6, 6.07) is 3.88. The Balaban J connectivity index is 1.49. The fraction of sp³-hybridized carbons (Fsp3) is 0.588. The maximum absolute atomic E-state index is 12.3. The van der Waals surface area contributed by atoms with Crippen molar-refractivity contribution in [2.24, 2.45) is 5.92 Å². The van der Waals surface area contributed by atoms with Crippen LogP contribution in [0.1, 0.15) is 24.8 Å². The number of nitrogens with zero attached hydrogens (tertiary/aromatic N) is 3. The first kappa shape index (κ1) is 15.9. The van der Waals surface area contributed by atoms with E-state index < -0.39 is 6.10 Å². The van der Waals surface area contributed by atoms with E-state index in [1.807, 2.05) is 12.1 Å². The molecule has 124 valence electrons. The third kappa shape index (κ3) is 3.88. The molecule has 2 fully saturated rings. The number of β-amino-alcohol motifs (C(OH)–C–C–N with tert-alkyl or cyclic N) is 1. The molecule has 6 heteroatoms. The van der Waals surface area contributed by atoms with Crippen molar-refractivity contribution >= 4 is 11.8 Å². The van der Waals surface area contributed by atoms with Gasteiger partial charge >= 0.3 is 0 Å². The smallest absolute Gasteiger partial charge is 0.224 e. The van der Waals surface area contributed by atoms with Gasteiger partial charge in [0.25, 0.3) is 0 Å². The van der Waals surface area contributed by atoms with Gasteiger partial charge in [-0.15, -0.1) is 0 Å². The zero-order valence-electron chi connectivity index (χ0n) is 13.2. The summed E-state index contributed by atoms with van der Waals surface area (Å²) in [6.07, 6.45) is 5.59. The molecule has 0 saturated carbocycles. The van der Waals surface area contributed by atoms with Crippen LogP contribution in [0.4, 0.5) is 0 Å². The highest BCUT2D eigenvalue weighted by Crippen LogP contribution is 2.22. The van der Waals surface area contributed by atoms with Crippen molar-refractivity contribution in [3.05, 3.63) is 30.1 Å². The van der Waals surface area contributed by atoms with Crippen LogP contribution in [0.5, 0.6) is 0 Å². The molecule has 23 heavy (non-hydrogen) atoms. The number of carbonyl (C=O) groups is 2. The van der Waals surface area contributed by atoms with Crippen LogP contribution in [0.3, 0.4) is 0 Å². The van der Waals surface area contributed by atoms with E-state index in [0.717, 1.165) is 24.9 Å². The summed E-state index contributed by atoms with van der Waals surface area (Å²) in [7, 11) is 0. The van der Waals surface area contributed by atoms with Gasteiger partial charge in [-0.3, -0.25) is 14.6 Å². The number of aromatic nitrogens is 1. The highest BCUT2D eigenvalue weighted by Gasteiger charge is 2.34. The topological polar surface area (TPSA) is 73.7 Å². The van der Waals surface area contributed by atoms with Gasteiger partial charge < -0.3 is 14.9 Å². The van der Waals surface area contributed by atoms with Gasteiger partial charge in [0.05, 0.1) is 6.10 Å². The second-order valence-electron chi connectivity index (χ2n) is 6.42. The minimum atomic E-state index is -0.486. The van der Waals surface area contributed by atoms with Crippen LogP contribution in [0.25, 0.3) is 0 Å². The van der Waals surface area contributed by atoms with Crippen molar-refractivity contribution in [3.8, 4) is 0 Å². The number of carbonyl (C=O) groups excluding carboxylic acids is 2. The van der Waals surface area contributed by atoms with Crippen molar-refractivity contribution < 1.29 is 14.7 Å². The predicted molar refractivity (Wildman–Crippen MR) is 84.4 cm³/mol. The average Bonchev–Trinajstić information content (AvgIpc) is 3.12. The number of pyridine rings is 1. The van der Waals surface area contributed by atoms with Crippen molar-refractivity contribution in [1.29, 1.82) is 0 Å². The minimum Gasteiger partial charge on any atom is -0.391 e. The molecule has 2 aliphatic rings. The van der Waals surface area contributed by atoms with Gasteiger partial charge in [0.15, 0.2) is 0 Å². The largest absolute Gasteiger partial charge is 0.391 e. The standard InChI is InChI=1S/C17H23N3O3/c21-15-12-20(11-14(15)10-13-3-6-18-7-4-13)17(23)5-9-19-8-1-2-16(19)22/h3-4,6-7,14-15,21H,1-2,5,8-12H2/t14-,15+/m1/s1. The van der Waals surface area contributed by atoms with Crippen LogP contribution < -0.4 is 0 Å². The summed E-state index contributed by atoms with van der Waals surface area (Å²) in [6.45, 7) is 2.23. The maximum Gasteiger partial charge on any atom is 0.224 e. The quantitative estimate of drug-likeness (QED) is 0.856. The molecule has 2 amide bonds. The molecule has 3 rings (SSSR count). The number of hydrogen-bond acceptors (Lipinski definition) is 4. The lowest BCUT2D eigenvalue weighted by Crippen LogP contribution is -2.34. The molecule has 0 aromatic carbocycles. The first-order valence-electron chi connectivity index (χ1n) is 8.26. The molecular formula is C17H23N3O3. The van der Waals surface area contributed by atoms with E-state index in [2.05, 4.69) is 4.98 Å². The summed E-state index contributed by atoms with van der Waals surface area (Å²) in [5.74, 6) is 0.241. The Bertz CT molecular complexity index is 563. The average molecular weight is 317 g/mol. The molecule has 1 aromatic rings. The molecule has 2 saturated heterocycles. The Hall–Kier alpha value is -1.95. The van der Waals surface area contributed by atoms with E-state index in [-0.39, 0.29) is 17.7 Å². The Morgan fingerprint density at radius 2 is 2.09 bits per heavy atom. The molecule has 0 radical (unpaired) electrons. The third-order valence-corrected chi connectivity index (χ3v) is 4.77. The molecule has 1 N–H and O–H groups in total. The van der Waals surface area contributed by atoms with Crippen molar-refractivity contribution in [3.63, 3.8) is 0 Å². The Labute approximate surface area is 136 Å². The van der Waals surface area contributed by atoms with Crippen molar-refractivity contribution in [2.75, 3.05) is 26.2 Å². The van der Waals surface area contributed by atoms with Gasteiger partial charge in [0.2, 0.25) is 11.8 Å². The van der Waals surface area contributed by atoms with E-state index in [4.69, 9.17) is 0 Å². The number of amides is 2. The SMILES string of the molecule is O=C1CCCN1CCC(=O)N1C[C@@H](Cc2ccncc2)[C@@H](O)C1. The zero-order chi connectivity index (χ0) is 16.2.